The fraction of sp³-hybridized carbons (Fsp3) is 0.452. The van der Waals surface area contributed by atoms with E-state index in [1.54, 1.807) is 4.90 Å². The Kier molecular flexibility index (Phi) is 8.49. The molecule has 1 aromatic heterocycles. The predicted octanol–water partition coefficient (Wildman–Crippen LogP) is 4.11. The molecule has 0 unspecified atom stereocenters. The van der Waals surface area contributed by atoms with Crippen molar-refractivity contribution in [3.8, 4) is 11.4 Å². The summed E-state index contributed by atoms with van der Waals surface area (Å²) in [4.78, 5) is 45.6. The van der Waals surface area contributed by atoms with Gasteiger partial charge in [-0.15, -0.1) is 0 Å². The molecule has 2 aromatic carbocycles. The number of carbonyl (C=O) groups excluding carboxylic acids is 2. The van der Waals surface area contributed by atoms with E-state index in [9.17, 15) is 9.59 Å². The van der Waals surface area contributed by atoms with Crippen LogP contribution >= 0.6 is 0 Å². The van der Waals surface area contributed by atoms with Crippen LogP contribution < -0.4 is 20.4 Å². The maximum atomic E-state index is 12.8. The van der Waals surface area contributed by atoms with Gasteiger partial charge in [-0.05, 0) is 68.3 Å². The molecule has 3 aromatic rings. The van der Waals surface area contributed by atoms with Gasteiger partial charge in [0.1, 0.15) is 5.60 Å². The largest absolute Gasteiger partial charge is 0.444 e. The second-order valence-electron chi connectivity index (χ2n) is 11.9. The molecule has 0 atom stereocenters. The van der Waals surface area contributed by atoms with E-state index in [-0.39, 0.29) is 12.1 Å². The summed E-state index contributed by atoms with van der Waals surface area (Å²) in [6.07, 6.45) is -0.351. The molecule has 6 rings (SSSR count). The zero-order chi connectivity index (χ0) is 30.7. The summed E-state index contributed by atoms with van der Waals surface area (Å²) in [5.74, 6) is 1.83. The van der Waals surface area contributed by atoms with E-state index in [4.69, 9.17) is 29.2 Å². The summed E-state index contributed by atoms with van der Waals surface area (Å²) in [6, 6.07) is 12.7. The number of ether oxygens (including phenoxy) is 3. The highest BCUT2D eigenvalue weighted by atomic mass is 16.6. The number of hydrogen-bond acceptors (Lipinski definition) is 10. The first kappa shape index (κ1) is 29.6. The normalized spacial score (nSPS) is 16.8. The first-order chi connectivity index (χ1) is 21.2. The van der Waals surface area contributed by atoms with Gasteiger partial charge >= 0.3 is 12.1 Å². The van der Waals surface area contributed by atoms with Gasteiger partial charge in [-0.25, -0.2) is 9.59 Å². The van der Waals surface area contributed by atoms with Gasteiger partial charge in [0.15, 0.2) is 5.82 Å². The minimum absolute atomic E-state index is 0.351. The van der Waals surface area contributed by atoms with Crippen molar-refractivity contribution < 1.29 is 23.8 Å². The SMILES string of the molecule is CC(C)(C)OC(=O)N1Cc2ccc(NC(=O)Nc3ccc(-c4nc(N5CCOCC5)nc(N5CCOCC5)n4)cc3)cc2C1. The van der Waals surface area contributed by atoms with Gasteiger partial charge in [-0.1, -0.05) is 6.07 Å². The van der Waals surface area contributed by atoms with Crippen molar-refractivity contribution in [1.82, 2.24) is 19.9 Å². The molecule has 4 heterocycles. The molecule has 3 amide bonds. The lowest BCUT2D eigenvalue weighted by atomic mass is 10.1. The minimum atomic E-state index is -0.558. The maximum Gasteiger partial charge on any atom is 0.410 e. The maximum absolute atomic E-state index is 12.8. The number of hydrogen-bond donors (Lipinski definition) is 2. The molecular weight excluding hydrogens is 564 g/mol. The van der Waals surface area contributed by atoms with Crippen molar-refractivity contribution in [1.29, 1.82) is 0 Å². The molecule has 232 valence electrons. The van der Waals surface area contributed by atoms with Crippen molar-refractivity contribution >= 4 is 35.4 Å². The van der Waals surface area contributed by atoms with Gasteiger partial charge in [-0.3, -0.25) is 4.90 Å². The van der Waals surface area contributed by atoms with Crippen molar-refractivity contribution in [2.75, 3.05) is 73.0 Å². The van der Waals surface area contributed by atoms with E-state index in [1.807, 2.05) is 63.2 Å². The van der Waals surface area contributed by atoms with E-state index in [2.05, 4.69) is 20.4 Å². The fourth-order valence-corrected chi connectivity index (χ4v) is 5.22. The third-order valence-electron chi connectivity index (χ3n) is 7.44. The van der Waals surface area contributed by atoms with Gasteiger partial charge in [0.25, 0.3) is 0 Å². The number of rotatable bonds is 5. The molecule has 0 saturated carbocycles. The van der Waals surface area contributed by atoms with Gasteiger partial charge in [0, 0.05) is 56.2 Å². The standard InChI is InChI=1S/C31H38N8O5/c1-31(2,3)44-30(41)39-19-22-6-9-25(18-23(22)20-39)33-29(40)32-24-7-4-21(5-8-24)26-34-27(37-10-14-42-15-11-37)36-28(35-26)38-12-16-43-17-13-38/h4-9,18H,10-17,19-20H2,1-3H3,(H2,32,33,40). The number of nitrogens with one attached hydrogen (secondary N) is 2. The van der Waals surface area contributed by atoms with Crippen LogP contribution in [0, 0.1) is 0 Å². The summed E-state index contributed by atoms with van der Waals surface area (Å²) < 4.78 is 16.5. The first-order valence-corrected chi connectivity index (χ1v) is 14.9. The van der Waals surface area contributed by atoms with Crippen LogP contribution in [-0.4, -0.2) is 90.2 Å². The van der Waals surface area contributed by atoms with E-state index in [1.165, 1.54) is 0 Å². The van der Waals surface area contributed by atoms with E-state index < -0.39 is 5.60 Å². The Morgan fingerprint density at radius 2 is 1.30 bits per heavy atom. The quantitative estimate of drug-likeness (QED) is 0.440. The summed E-state index contributed by atoms with van der Waals surface area (Å²) in [5.41, 5.74) is 3.53. The van der Waals surface area contributed by atoms with Crippen LogP contribution in [0.25, 0.3) is 11.4 Å². The Bertz CT molecular complexity index is 1460. The Labute approximate surface area is 256 Å². The molecule has 13 heteroatoms. The molecule has 3 aliphatic heterocycles. The minimum Gasteiger partial charge on any atom is -0.444 e. The van der Waals surface area contributed by atoms with Gasteiger partial charge < -0.3 is 34.6 Å². The molecule has 2 N–H and O–H groups in total. The van der Waals surface area contributed by atoms with Crippen molar-refractivity contribution in [2.24, 2.45) is 0 Å². The molecule has 0 bridgehead atoms. The Morgan fingerprint density at radius 3 is 1.89 bits per heavy atom. The molecule has 2 saturated heterocycles. The van der Waals surface area contributed by atoms with Crippen molar-refractivity contribution in [3.05, 3.63) is 53.6 Å². The zero-order valence-electron chi connectivity index (χ0n) is 25.3. The smallest absolute Gasteiger partial charge is 0.410 e. The molecule has 0 radical (unpaired) electrons. The highest BCUT2D eigenvalue weighted by Crippen LogP contribution is 2.28. The van der Waals surface area contributed by atoms with E-state index in [0.29, 0.717) is 68.6 Å². The van der Waals surface area contributed by atoms with E-state index in [0.717, 1.165) is 42.9 Å². The first-order valence-electron chi connectivity index (χ1n) is 14.9. The lowest BCUT2D eigenvalue weighted by molar-refractivity contribution is 0.0241. The number of anilines is 4. The van der Waals surface area contributed by atoms with E-state index >= 15 is 0 Å². The van der Waals surface area contributed by atoms with Crippen LogP contribution in [0.4, 0.5) is 32.9 Å². The predicted molar refractivity (Wildman–Crippen MR) is 166 cm³/mol. The van der Waals surface area contributed by atoms with Gasteiger partial charge in [0.2, 0.25) is 11.9 Å². The molecule has 44 heavy (non-hydrogen) atoms. The van der Waals surface area contributed by atoms with Gasteiger partial charge in [0.05, 0.1) is 26.4 Å². The third-order valence-corrected chi connectivity index (χ3v) is 7.44. The lowest BCUT2D eigenvalue weighted by Gasteiger charge is -2.30. The highest BCUT2D eigenvalue weighted by Gasteiger charge is 2.28. The summed E-state index contributed by atoms with van der Waals surface area (Å²) in [7, 11) is 0. The average molecular weight is 603 g/mol. The van der Waals surface area contributed by atoms with Crippen LogP contribution in [0.2, 0.25) is 0 Å². The molecule has 0 spiro atoms. The second-order valence-corrected chi connectivity index (χ2v) is 11.9. The number of fused-ring (bicyclic) bond motifs is 1. The zero-order valence-corrected chi connectivity index (χ0v) is 25.3. The van der Waals surface area contributed by atoms with Crippen LogP contribution in [0.1, 0.15) is 31.9 Å². The molecule has 13 nitrogen and oxygen atoms in total. The molecule has 3 aliphatic rings. The molecular formula is C31H38N8O5. The van der Waals surface area contributed by atoms with Crippen molar-refractivity contribution in [2.45, 2.75) is 39.5 Å². The lowest BCUT2D eigenvalue weighted by Crippen LogP contribution is -2.40. The number of nitrogens with zero attached hydrogens (tertiary/aromatic N) is 6. The average Bonchev–Trinajstić information content (AvgIpc) is 3.45. The van der Waals surface area contributed by atoms with Gasteiger partial charge in [-0.2, -0.15) is 15.0 Å². The summed E-state index contributed by atoms with van der Waals surface area (Å²) in [5, 5.41) is 5.77. The second kappa shape index (κ2) is 12.6. The summed E-state index contributed by atoms with van der Waals surface area (Å²) >= 11 is 0. The number of aromatic nitrogens is 3. The number of urea groups is 1. The van der Waals surface area contributed by atoms with Crippen LogP contribution in [-0.2, 0) is 27.3 Å². The Balaban J connectivity index is 1.11. The molecule has 0 aliphatic carbocycles. The molecule has 2 fully saturated rings. The van der Waals surface area contributed by atoms with Crippen LogP contribution in [0.3, 0.4) is 0 Å². The highest BCUT2D eigenvalue weighted by molar-refractivity contribution is 6.00. The number of morpholine rings is 2. The fourth-order valence-electron chi connectivity index (χ4n) is 5.22. The third kappa shape index (κ3) is 7.17. The van der Waals surface area contributed by atoms with Crippen LogP contribution in [0.5, 0.6) is 0 Å². The Hall–Kier alpha value is -4.49. The van der Waals surface area contributed by atoms with Crippen molar-refractivity contribution in [3.63, 3.8) is 0 Å². The number of amides is 3. The summed E-state index contributed by atoms with van der Waals surface area (Å²) in [6.45, 7) is 11.9. The van der Waals surface area contributed by atoms with Crippen LogP contribution in [0.15, 0.2) is 42.5 Å². The monoisotopic (exact) mass is 602 g/mol. The number of carbonyl (C=O) groups is 2. The Morgan fingerprint density at radius 1 is 0.750 bits per heavy atom. The number of benzene rings is 2. The topological polar surface area (TPSA) is 134 Å².